The van der Waals surface area contributed by atoms with E-state index in [0.717, 1.165) is 0 Å². The van der Waals surface area contributed by atoms with Crippen LogP contribution in [0.1, 0.15) is 42.2 Å². The Morgan fingerprint density at radius 2 is 1.21 bits per heavy atom. The summed E-state index contributed by atoms with van der Waals surface area (Å²) in [5, 5.41) is 7.27. The van der Waals surface area contributed by atoms with Crippen LogP contribution in [-0.2, 0) is 4.79 Å². The zero-order valence-corrected chi connectivity index (χ0v) is 29.4. The predicted molar refractivity (Wildman–Crippen MR) is 200 cm³/mol. The summed E-state index contributed by atoms with van der Waals surface area (Å²) in [6.45, 7) is 0. The van der Waals surface area contributed by atoms with Gasteiger partial charge in [0.1, 0.15) is 11.5 Å². The van der Waals surface area contributed by atoms with Crippen LogP contribution in [0.4, 0.5) is 5.69 Å². The average Bonchev–Trinajstić information content (AvgIpc) is 3.18. The van der Waals surface area contributed by atoms with Crippen LogP contribution in [0.5, 0.6) is 28.7 Å². The molecule has 0 heterocycles. The molecule has 0 saturated carbocycles. The number of hydrogen-bond acceptors (Lipinski definition) is 10. The SMILES string of the molecule is COc1cc(C(=O)Nc2ccc(C(=O)N/N=C/c3ccccc3OC(=O)/C=C/c3ccccc3OC(=O)c3ccc(Cl)cc3)cc2)cc(OC)c1OC. The number of hydrogen-bond donors (Lipinski definition) is 2. The van der Waals surface area contributed by atoms with Gasteiger partial charge in [-0.15, -0.1) is 0 Å². The average molecular weight is 734 g/mol. The fraction of sp³-hybridized carbons (Fsp3) is 0.0750. The van der Waals surface area contributed by atoms with E-state index >= 15 is 0 Å². The summed E-state index contributed by atoms with van der Waals surface area (Å²) >= 11 is 5.90. The van der Waals surface area contributed by atoms with E-state index < -0.39 is 23.8 Å². The molecule has 0 unspecified atom stereocenters. The third-order valence-corrected chi connectivity index (χ3v) is 7.68. The van der Waals surface area contributed by atoms with Crippen molar-refractivity contribution in [3.8, 4) is 28.7 Å². The summed E-state index contributed by atoms with van der Waals surface area (Å²) in [6.07, 6.45) is 4.00. The molecule has 5 aromatic rings. The Morgan fingerprint density at radius 3 is 1.83 bits per heavy atom. The van der Waals surface area contributed by atoms with Crippen LogP contribution in [0.25, 0.3) is 6.08 Å². The number of hydrazone groups is 1. The smallest absolute Gasteiger partial charge is 0.343 e. The van der Waals surface area contributed by atoms with Gasteiger partial charge in [0.05, 0.1) is 33.1 Å². The number of ether oxygens (including phenoxy) is 5. The zero-order valence-electron chi connectivity index (χ0n) is 28.6. The second-order valence-electron chi connectivity index (χ2n) is 10.9. The Morgan fingerprint density at radius 1 is 0.623 bits per heavy atom. The first-order valence-corrected chi connectivity index (χ1v) is 16.2. The van der Waals surface area contributed by atoms with E-state index in [1.54, 1.807) is 84.9 Å². The molecule has 53 heavy (non-hydrogen) atoms. The van der Waals surface area contributed by atoms with Gasteiger partial charge < -0.3 is 29.0 Å². The predicted octanol–water partition coefficient (Wildman–Crippen LogP) is 7.22. The van der Waals surface area contributed by atoms with Crippen molar-refractivity contribution in [2.24, 2.45) is 5.10 Å². The molecule has 0 aliphatic rings. The summed E-state index contributed by atoms with van der Waals surface area (Å²) in [7, 11) is 4.38. The number of esters is 2. The van der Waals surface area contributed by atoms with Gasteiger partial charge in [-0.3, -0.25) is 9.59 Å². The molecule has 0 radical (unpaired) electrons. The number of halogens is 1. The Hall–Kier alpha value is -6.92. The number of nitrogens with one attached hydrogen (secondary N) is 2. The largest absolute Gasteiger partial charge is 0.493 e. The topological polar surface area (TPSA) is 151 Å². The van der Waals surface area contributed by atoms with E-state index in [1.807, 2.05) is 0 Å². The molecule has 0 fully saturated rings. The Balaban J connectivity index is 1.17. The lowest BCUT2D eigenvalue weighted by Crippen LogP contribution is -2.18. The molecule has 0 atom stereocenters. The fourth-order valence-corrected chi connectivity index (χ4v) is 4.91. The molecular weight excluding hydrogens is 702 g/mol. The van der Waals surface area contributed by atoms with Crippen LogP contribution in [0, 0.1) is 0 Å². The maximum Gasteiger partial charge on any atom is 0.343 e. The molecule has 0 aromatic heterocycles. The molecule has 13 heteroatoms. The minimum atomic E-state index is -0.703. The van der Waals surface area contributed by atoms with Crippen LogP contribution < -0.4 is 34.4 Å². The number of carbonyl (C=O) groups is 4. The normalized spacial score (nSPS) is 10.8. The first kappa shape index (κ1) is 37.3. The second-order valence-corrected chi connectivity index (χ2v) is 11.3. The van der Waals surface area contributed by atoms with Crippen LogP contribution in [0.2, 0.25) is 5.02 Å². The van der Waals surface area contributed by atoms with Gasteiger partial charge in [-0.2, -0.15) is 5.10 Å². The minimum Gasteiger partial charge on any atom is -0.493 e. The monoisotopic (exact) mass is 733 g/mol. The lowest BCUT2D eigenvalue weighted by Gasteiger charge is -2.14. The first-order valence-electron chi connectivity index (χ1n) is 15.8. The Bertz CT molecular complexity index is 2160. The number of anilines is 1. The van der Waals surface area contributed by atoms with Crippen molar-refractivity contribution in [1.82, 2.24) is 5.43 Å². The van der Waals surface area contributed by atoms with Gasteiger partial charge >= 0.3 is 11.9 Å². The molecule has 2 N–H and O–H groups in total. The molecule has 0 saturated heterocycles. The highest BCUT2D eigenvalue weighted by Gasteiger charge is 2.18. The van der Waals surface area contributed by atoms with E-state index in [-0.39, 0.29) is 22.6 Å². The number of amides is 2. The number of rotatable bonds is 13. The number of carbonyl (C=O) groups excluding carboxylic acids is 4. The van der Waals surface area contributed by atoms with Gasteiger partial charge in [0.2, 0.25) is 5.75 Å². The maximum absolute atomic E-state index is 12.9. The number of nitrogens with zero attached hydrogens (tertiary/aromatic N) is 1. The molecule has 0 spiro atoms. The first-order chi connectivity index (χ1) is 25.7. The van der Waals surface area contributed by atoms with Crippen LogP contribution >= 0.6 is 11.6 Å². The molecule has 0 aliphatic carbocycles. The fourth-order valence-electron chi connectivity index (χ4n) is 4.78. The van der Waals surface area contributed by atoms with E-state index in [4.69, 9.17) is 35.3 Å². The summed E-state index contributed by atoms with van der Waals surface area (Å²) in [5.41, 5.74) is 4.62. The Labute approximate surface area is 309 Å². The molecule has 2 amide bonds. The third-order valence-electron chi connectivity index (χ3n) is 7.43. The van der Waals surface area contributed by atoms with E-state index in [1.165, 1.54) is 64.0 Å². The summed E-state index contributed by atoms with van der Waals surface area (Å²) in [4.78, 5) is 51.1. The quantitative estimate of drug-likeness (QED) is 0.0420. The van der Waals surface area contributed by atoms with Crippen LogP contribution in [0.15, 0.2) is 120 Å². The highest BCUT2D eigenvalue weighted by atomic mass is 35.5. The van der Waals surface area contributed by atoms with Crippen LogP contribution in [0.3, 0.4) is 0 Å². The van der Waals surface area contributed by atoms with Crippen molar-refractivity contribution in [3.63, 3.8) is 0 Å². The van der Waals surface area contributed by atoms with Crippen molar-refractivity contribution in [1.29, 1.82) is 0 Å². The lowest BCUT2D eigenvalue weighted by molar-refractivity contribution is -0.128. The van der Waals surface area contributed by atoms with Crippen molar-refractivity contribution in [2.75, 3.05) is 26.6 Å². The molecular formula is C40H32ClN3O9. The third kappa shape index (κ3) is 9.87. The highest BCUT2D eigenvalue weighted by molar-refractivity contribution is 6.30. The summed E-state index contributed by atoms with van der Waals surface area (Å²) in [6, 6.07) is 28.8. The van der Waals surface area contributed by atoms with Gasteiger partial charge in [-0.1, -0.05) is 41.9 Å². The van der Waals surface area contributed by atoms with Crippen molar-refractivity contribution in [3.05, 3.63) is 148 Å². The van der Waals surface area contributed by atoms with E-state index in [9.17, 15) is 19.2 Å². The van der Waals surface area contributed by atoms with Gasteiger partial charge in [0.15, 0.2) is 11.5 Å². The van der Waals surface area contributed by atoms with Crippen molar-refractivity contribution < 1.29 is 42.9 Å². The number of methoxy groups -OCH3 is 3. The lowest BCUT2D eigenvalue weighted by atomic mass is 10.1. The summed E-state index contributed by atoms with van der Waals surface area (Å²) in [5.74, 6) is -0.778. The van der Waals surface area contributed by atoms with Gasteiger partial charge in [0.25, 0.3) is 11.8 Å². The second kappa shape index (κ2) is 17.8. The molecule has 268 valence electrons. The molecule has 0 bridgehead atoms. The van der Waals surface area contributed by atoms with E-state index in [2.05, 4.69) is 15.8 Å². The maximum atomic E-state index is 12.9. The molecule has 12 nitrogen and oxygen atoms in total. The molecule has 0 aliphatic heterocycles. The Kier molecular flexibility index (Phi) is 12.6. The zero-order chi connectivity index (χ0) is 37.7. The number of benzene rings is 5. The highest BCUT2D eigenvalue weighted by Crippen LogP contribution is 2.38. The minimum absolute atomic E-state index is 0.190. The molecule has 5 aromatic carbocycles. The summed E-state index contributed by atoms with van der Waals surface area (Å²) < 4.78 is 27.0. The van der Waals surface area contributed by atoms with E-state index in [0.29, 0.717) is 44.6 Å². The van der Waals surface area contributed by atoms with Crippen molar-refractivity contribution >= 4 is 53.3 Å². The van der Waals surface area contributed by atoms with Gasteiger partial charge in [-0.05, 0) is 84.9 Å². The number of para-hydroxylation sites is 2. The van der Waals surface area contributed by atoms with Crippen LogP contribution in [-0.4, -0.2) is 51.3 Å². The van der Waals surface area contributed by atoms with Gasteiger partial charge in [0, 0.05) is 39.0 Å². The van der Waals surface area contributed by atoms with Gasteiger partial charge in [-0.25, -0.2) is 15.0 Å². The molecule has 5 rings (SSSR count). The standard InChI is InChI=1S/C40H32ClN3O9/c1-49-34-22-29(23-35(50-2)37(34)51-3)38(46)43-31-19-14-26(15-20-31)39(47)44-42-24-28-9-5-7-11-33(28)52-36(45)21-16-25-8-4-6-10-32(25)53-40(48)27-12-17-30(41)18-13-27/h4-24H,1-3H3,(H,43,46)(H,44,47)/b21-16+,42-24+. The van der Waals surface area contributed by atoms with Crippen molar-refractivity contribution in [2.45, 2.75) is 0 Å².